The number of benzodiazepines with no additional fused rings is 1. The van der Waals surface area contributed by atoms with Gasteiger partial charge in [-0.3, -0.25) is 9.79 Å². The molecule has 0 unspecified atom stereocenters. The van der Waals surface area contributed by atoms with Crippen LogP contribution in [0.5, 0.6) is 0 Å². The third kappa shape index (κ3) is 3.34. The number of unbranched alkanes of at least 4 members (excludes halogenated alkanes) is 1. The number of anilines is 1. The molecule has 1 amide bonds. The number of carbonyl (C=O) groups is 1. The van der Waals surface area contributed by atoms with Gasteiger partial charge in [-0.05, 0) is 36.8 Å². The molecule has 1 N–H and O–H groups in total. The maximum atomic E-state index is 14.4. The molecule has 0 aromatic heterocycles. The highest BCUT2D eigenvalue weighted by Gasteiger charge is 2.26. The molecule has 0 aliphatic carbocycles. The molecule has 0 bridgehead atoms. The summed E-state index contributed by atoms with van der Waals surface area (Å²) in [5.74, 6) is -0.538. The van der Waals surface area contributed by atoms with Gasteiger partial charge in [0.1, 0.15) is 11.9 Å². The molecule has 3 rings (SSSR count). The van der Waals surface area contributed by atoms with E-state index in [4.69, 9.17) is 11.6 Å². The van der Waals surface area contributed by atoms with E-state index in [1.165, 1.54) is 6.07 Å². The van der Waals surface area contributed by atoms with E-state index in [2.05, 4.69) is 17.2 Å². The van der Waals surface area contributed by atoms with Crippen LogP contribution < -0.4 is 5.32 Å². The highest BCUT2D eigenvalue weighted by Crippen LogP contribution is 2.29. The van der Waals surface area contributed by atoms with Gasteiger partial charge in [0, 0.05) is 16.1 Å². The summed E-state index contributed by atoms with van der Waals surface area (Å²) in [4.78, 5) is 17.1. The van der Waals surface area contributed by atoms with E-state index in [1.54, 1.807) is 36.4 Å². The van der Waals surface area contributed by atoms with Crippen molar-refractivity contribution >= 4 is 28.9 Å². The Morgan fingerprint density at radius 3 is 2.75 bits per heavy atom. The van der Waals surface area contributed by atoms with Gasteiger partial charge in [-0.1, -0.05) is 43.5 Å². The summed E-state index contributed by atoms with van der Waals surface area (Å²) in [5.41, 5.74) is 2.08. The van der Waals surface area contributed by atoms with E-state index in [-0.39, 0.29) is 11.7 Å². The maximum Gasteiger partial charge on any atom is 0.249 e. The fraction of sp³-hybridized carbons (Fsp3) is 0.263. The maximum absolute atomic E-state index is 14.4. The lowest BCUT2D eigenvalue weighted by atomic mass is 10.00. The minimum Gasteiger partial charge on any atom is -0.324 e. The van der Waals surface area contributed by atoms with E-state index in [0.717, 1.165) is 12.8 Å². The molecule has 5 heteroatoms. The molecule has 124 valence electrons. The molecule has 3 nitrogen and oxygen atoms in total. The van der Waals surface area contributed by atoms with Crippen LogP contribution in [0.15, 0.2) is 47.5 Å². The first-order chi connectivity index (χ1) is 11.6. The van der Waals surface area contributed by atoms with Gasteiger partial charge in [0.05, 0.1) is 11.4 Å². The SMILES string of the molecule is CCCC[C@@H]1N=C(c2ccccc2F)c2cc(Cl)ccc2NC1=O. The van der Waals surface area contributed by atoms with E-state index in [9.17, 15) is 9.18 Å². The quantitative estimate of drug-likeness (QED) is 0.848. The summed E-state index contributed by atoms with van der Waals surface area (Å²) in [7, 11) is 0. The van der Waals surface area contributed by atoms with Gasteiger partial charge >= 0.3 is 0 Å². The van der Waals surface area contributed by atoms with Crippen LogP contribution in [0, 0.1) is 5.82 Å². The summed E-state index contributed by atoms with van der Waals surface area (Å²) in [6.07, 6.45) is 2.47. The summed E-state index contributed by atoms with van der Waals surface area (Å²) in [6.45, 7) is 2.06. The van der Waals surface area contributed by atoms with Gasteiger partial charge < -0.3 is 5.32 Å². The Labute approximate surface area is 145 Å². The van der Waals surface area contributed by atoms with Crippen molar-refractivity contribution in [2.24, 2.45) is 4.99 Å². The fourth-order valence-electron chi connectivity index (χ4n) is 2.78. The summed E-state index contributed by atoms with van der Waals surface area (Å²) in [6, 6.07) is 11.1. The number of amides is 1. The zero-order valence-electron chi connectivity index (χ0n) is 13.4. The topological polar surface area (TPSA) is 41.5 Å². The van der Waals surface area contributed by atoms with Crippen LogP contribution in [-0.2, 0) is 4.79 Å². The highest BCUT2D eigenvalue weighted by molar-refractivity contribution is 6.32. The standard InChI is InChI=1S/C19H18ClFN2O/c1-2-3-8-17-19(24)23-16-10-9-12(20)11-14(16)18(22-17)13-6-4-5-7-15(13)21/h4-7,9-11,17H,2-3,8H2,1H3,(H,23,24)/t17-/m0/s1. The average Bonchev–Trinajstić information content (AvgIpc) is 2.70. The molecule has 0 saturated heterocycles. The largest absolute Gasteiger partial charge is 0.324 e. The Hall–Kier alpha value is -2.20. The lowest BCUT2D eigenvalue weighted by Gasteiger charge is -2.11. The minimum atomic E-state index is -0.536. The molecule has 0 spiro atoms. The first-order valence-corrected chi connectivity index (χ1v) is 8.41. The third-order valence-electron chi connectivity index (χ3n) is 4.04. The van der Waals surface area contributed by atoms with Gasteiger partial charge in [-0.25, -0.2) is 4.39 Å². The summed E-state index contributed by atoms with van der Waals surface area (Å²) >= 11 is 6.12. The molecule has 0 fully saturated rings. The first kappa shape index (κ1) is 16.7. The number of nitrogens with one attached hydrogen (secondary N) is 1. The van der Waals surface area contributed by atoms with Crippen LogP contribution in [0.2, 0.25) is 5.02 Å². The van der Waals surface area contributed by atoms with Crippen LogP contribution in [0.3, 0.4) is 0 Å². The second-order valence-electron chi connectivity index (χ2n) is 5.79. The van der Waals surface area contributed by atoms with Crippen molar-refractivity contribution < 1.29 is 9.18 Å². The van der Waals surface area contributed by atoms with Crippen molar-refractivity contribution in [2.75, 3.05) is 5.32 Å². The van der Waals surface area contributed by atoms with Crippen molar-refractivity contribution in [3.05, 3.63) is 64.4 Å². The Kier molecular flexibility index (Phi) is 4.95. The zero-order valence-corrected chi connectivity index (χ0v) is 14.1. The highest BCUT2D eigenvalue weighted by atomic mass is 35.5. The van der Waals surface area contributed by atoms with Crippen molar-refractivity contribution in [2.45, 2.75) is 32.2 Å². The number of halogens is 2. The smallest absolute Gasteiger partial charge is 0.249 e. The number of hydrogen-bond acceptors (Lipinski definition) is 2. The first-order valence-electron chi connectivity index (χ1n) is 8.03. The average molecular weight is 345 g/mol. The van der Waals surface area contributed by atoms with Crippen LogP contribution in [-0.4, -0.2) is 17.7 Å². The number of fused-ring (bicyclic) bond motifs is 1. The van der Waals surface area contributed by atoms with Crippen molar-refractivity contribution in [3.63, 3.8) is 0 Å². The zero-order chi connectivity index (χ0) is 17.1. The Balaban J connectivity index is 2.17. The molecule has 2 aromatic rings. The van der Waals surface area contributed by atoms with Crippen molar-refractivity contribution in [1.82, 2.24) is 0 Å². The molecular weight excluding hydrogens is 327 g/mol. The number of hydrogen-bond donors (Lipinski definition) is 1. The number of rotatable bonds is 4. The third-order valence-corrected chi connectivity index (χ3v) is 4.28. The Morgan fingerprint density at radius 2 is 2.00 bits per heavy atom. The van der Waals surface area contributed by atoms with Crippen molar-refractivity contribution in [1.29, 1.82) is 0 Å². The van der Waals surface area contributed by atoms with Gasteiger partial charge in [0.2, 0.25) is 5.91 Å². The molecule has 24 heavy (non-hydrogen) atoms. The molecule has 0 saturated carbocycles. The van der Waals surface area contributed by atoms with E-state index < -0.39 is 6.04 Å². The lowest BCUT2D eigenvalue weighted by Crippen LogP contribution is -2.25. The van der Waals surface area contributed by atoms with E-state index in [0.29, 0.717) is 34.0 Å². The van der Waals surface area contributed by atoms with Crippen LogP contribution in [0.4, 0.5) is 10.1 Å². The fourth-order valence-corrected chi connectivity index (χ4v) is 2.95. The molecule has 1 atom stereocenters. The monoisotopic (exact) mass is 344 g/mol. The molecular formula is C19H18ClFN2O. The number of nitrogens with zero attached hydrogens (tertiary/aromatic N) is 1. The minimum absolute atomic E-state index is 0.168. The lowest BCUT2D eigenvalue weighted by molar-refractivity contribution is -0.117. The van der Waals surface area contributed by atoms with Gasteiger partial charge in [-0.15, -0.1) is 0 Å². The molecule has 1 aliphatic heterocycles. The molecule has 1 aliphatic rings. The molecule has 1 heterocycles. The van der Waals surface area contributed by atoms with E-state index in [1.807, 2.05) is 0 Å². The number of carbonyl (C=O) groups excluding carboxylic acids is 1. The normalized spacial score (nSPS) is 16.9. The number of aliphatic imine (C=N–C) groups is 1. The second-order valence-corrected chi connectivity index (χ2v) is 6.23. The van der Waals surface area contributed by atoms with E-state index >= 15 is 0 Å². The van der Waals surface area contributed by atoms with Gasteiger partial charge in [0.25, 0.3) is 0 Å². The molecule has 2 aromatic carbocycles. The van der Waals surface area contributed by atoms with Crippen LogP contribution in [0.1, 0.15) is 37.3 Å². The second kappa shape index (κ2) is 7.14. The van der Waals surface area contributed by atoms with Crippen molar-refractivity contribution in [3.8, 4) is 0 Å². The van der Waals surface area contributed by atoms with Gasteiger partial charge in [0.15, 0.2) is 0 Å². The number of benzene rings is 2. The molecule has 0 radical (unpaired) electrons. The van der Waals surface area contributed by atoms with Crippen LogP contribution in [0.25, 0.3) is 0 Å². The Morgan fingerprint density at radius 1 is 1.21 bits per heavy atom. The summed E-state index contributed by atoms with van der Waals surface area (Å²) < 4.78 is 14.4. The predicted octanol–water partition coefficient (Wildman–Crippen LogP) is 4.83. The van der Waals surface area contributed by atoms with Crippen LogP contribution >= 0.6 is 11.6 Å². The summed E-state index contributed by atoms with van der Waals surface area (Å²) in [5, 5.41) is 3.41. The van der Waals surface area contributed by atoms with Gasteiger partial charge in [-0.2, -0.15) is 0 Å². The Bertz CT molecular complexity index is 804. The predicted molar refractivity (Wildman–Crippen MR) is 95.4 cm³/mol.